The number of fused-ring (bicyclic) bond motifs is 1. The van der Waals surface area contributed by atoms with E-state index in [1.165, 1.54) is 6.07 Å². The lowest BCUT2D eigenvalue weighted by molar-refractivity contribution is 0.314. The fourth-order valence-corrected chi connectivity index (χ4v) is 1.74. The number of pyridine rings is 1. The van der Waals surface area contributed by atoms with Gasteiger partial charge >= 0.3 is 0 Å². The molecule has 2 heterocycles. The van der Waals surface area contributed by atoms with Crippen LogP contribution in [0.15, 0.2) is 33.7 Å². The highest BCUT2D eigenvalue weighted by molar-refractivity contribution is 5.74. The number of anilines is 2. The average Bonchev–Trinajstić information content (AvgIpc) is 2.82. The number of halogens is 1. The summed E-state index contributed by atoms with van der Waals surface area (Å²) in [7, 11) is 0. The molecule has 19 heavy (non-hydrogen) atoms. The Kier molecular flexibility index (Phi) is 2.52. The van der Waals surface area contributed by atoms with E-state index in [0.717, 1.165) is 0 Å². The lowest BCUT2D eigenvalue weighted by Crippen LogP contribution is -2.12. The van der Waals surface area contributed by atoms with Crippen molar-refractivity contribution in [3.8, 4) is 0 Å². The minimum absolute atomic E-state index is 0.174. The first-order chi connectivity index (χ1) is 9.15. The Balaban J connectivity index is 2.07. The maximum Gasteiger partial charge on any atom is 0.273 e. The van der Waals surface area contributed by atoms with E-state index in [2.05, 4.69) is 25.2 Å². The van der Waals surface area contributed by atoms with Crippen molar-refractivity contribution >= 4 is 22.5 Å². The minimum atomic E-state index is -0.427. The van der Waals surface area contributed by atoms with Crippen molar-refractivity contribution in [3.63, 3.8) is 0 Å². The Hall–Kier alpha value is -2.70. The Labute approximate surface area is 106 Å². The quantitative estimate of drug-likeness (QED) is 0.737. The van der Waals surface area contributed by atoms with Gasteiger partial charge < -0.3 is 10.3 Å². The van der Waals surface area contributed by atoms with E-state index in [-0.39, 0.29) is 17.0 Å². The van der Waals surface area contributed by atoms with Crippen molar-refractivity contribution in [1.29, 1.82) is 0 Å². The molecule has 2 aromatic heterocycles. The van der Waals surface area contributed by atoms with Gasteiger partial charge in [-0.3, -0.25) is 4.79 Å². The van der Waals surface area contributed by atoms with Gasteiger partial charge in [0, 0.05) is 6.07 Å². The topological polar surface area (TPSA) is 83.8 Å². The van der Waals surface area contributed by atoms with Gasteiger partial charge in [-0.25, -0.2) is 9.02 Å². The molecule has 2 N–H and O–H groups in total. The van der Waals surface area contributed by atoms with E-state index < -0.39 is 11.4 Å². The third-order valence-electron chi connectivity index (χ3n) is 2.73. The molecular weight excluding hydrogens is 251 g/mol. The van der Waals surface area contributed by atoms with E-state index in [0.29, 0.717) is 11.1 Å². The number of hydrogen-bond acceptors (Lipinski definition) is 5. The molecule has 0 saturated heterocycles. The molecule has 0 aliphatic rings. The summed E-state index contributed by atoms with van der Waals surface area (Å²) in [5.74, 6) is -0.403. The monoisotopic (exact) mass is 260 g/mol. The van der Waals surface area contributed by atoms with Crippen molar-refractivity contribution in [2.24, 2.45) is 0 Å². The smallest absolute Gasteiger partial charge is 0.273 e. The Morgan fingerprint density at radius 2 is 2.16 bits per heavy atom. The van der Waals surface area contributed by atoms with Crippen molar-refractivity contribution in [3.05, 3.63) is 46.0 Å². The third kappa shape index (κ3) is 1.95. The minimum Gasteiger partial charge on any atom is -0.349 e. The highest BCUT2D eigenvalue weighted by Gasteiger charge is 2.10. The largest absolute Gasteiger partial charge is 0.349 e. The fraction of sp³-hybridized carbons (Fsp3) is 0.0833. The van der Waals surface area contributed by atoms with Crippen LogP contribution in [0.4, 0.5) is 15.8 Å². The predicted molar refractivity (Wildman–Crippen MR) is 66.8 cm³/mol. The lowest BCUT2D eigenvalue weighted by atomic mass is 10.2. The van der Waals surface area contributed by atoms with Crippen LogP contribution < -0.4 is 10.9 Å². The van der Waals surface area contributed by atoms with Crippen molar-refractivity contribution in [2.75, 3.05) is 5.32 Å². The van der Waals surface area contributed by atoms with E-state index in [1.54, 1.807) is 25.1 Å². The standard InChI is InChI=1S/C12H9FN4O2/c1-6-3-2-4-7(10(6)13)14-9-5-8-11(15-12(9)18)17-19-16-8/h2-5,14H,1H3,(H,15,17,18). The van der Waals surface area contributed by atoms with Crippen molar-refractivity contribution in [2.45, 2.75) is 6.92 Å². The number of aryl methyl sites for hydroxylation is 1. The van der Waals surface area contributed by atoms with Gasteiger partial charge in [0.1, 0.15) is 11.5 Å². The molecule has 0 spiro atoms. The second-order valence-electron chi connectivity index (χ2n) is 4.07. The third-order valence-corrected chi connectivity index (χ3v) is 2.73. The number of rotatable bonds is 2. The van der Waals surface area contributed by atoms with E-state index in [4.69, 9.17) is 0 Å². The van der Waals surface area contributed by atoms with Crippen LogP contribution in [0.5, 0.6) is 0 Å². The molecule has 0 aliphatic carbocycles. The molecule has 6 nitrogen and oxygen atoms in total. The molecule has 0 amide bonds. The Morgan fingerprint density at radius 3 is 3.00 bits per heavy atom. The molecule has 0 saturated carbocycles. The van der Waals surface area contributed by atoms with Crippen LogP contribution in [-0.2, 0) is 0 Å². The van der Waals surface area contributed by atoms with Gasteiger partial charge in [-0.15, -0.1) is 0 Å². The molecule has 3 aromatic rings. The highest BCUT2D eigenvalue weighted by atomic mass is 19.1. The molecule has 0 bridgehead atoms. The van der Waals surface area contributed by atoms with Crippen LogP contribution in [-0.4, -0.2) is 15.3 Å². The second kappa shape index (κ2) is 4.20. The van der Waals surface area contributed by atoms with Crippen LogP contribution in [0.2, 0.25) is 0 Å². The number of hydrogen-bond donors (Lipinski definition) is 2. The highest BCUT2D eigenvalue weighted by Crippen LogP contribution is 2.21. The van der Waals surface area contributed by atoms with Crippen LogP contribution in [0.1, 0.15) is 5.56 Å². The molecule has 0 fully saturated rings. The SMILES string of the molecule is Cc1cccc(Nc2cc3nonc3[nH]c2=O)c1F. The first kappa shape index (κ1) is 11.4. The van der Waals surface area contributed by atoms with Gasteiger partial charge in [0.05, 0.1) is 5.69 Å². The summed E-state index contributed by atoms with van der Waals surface area (Å²) in [4.78, 5) is 14.3. The maximum atomic E-state index is 13.9. The van der Waals surface area contributed by atoms with E-state index in [9.17, 15) is 9.18 Å². The van der Waals surface area contributed by atoms with Gasteiger partial charge in [-0.2, -0.15) is 0 Å². The van der Waals surface area contributed by atoms with E-state index in [1.807, 2.05) is 0 Å². The average molecular weight is 260 g/mol. The van der Waals surface area contributed by atoms with E-state index >= 15 is 0 Å². The second-order valence-corrected chi connectivity index (χ2v) is 4.07. The van der Waals surface area contributed by atoms with Crippen LogP contribution in [0.25, 0.3) is 11.2 Å². The summed E-state index contributed by atoms with van der Waals surface area (Å²) in [6.07, 6.45) is 0. The predicted octanol–water partition coefficient (Wildman–Crippen LogP) is 2.10. The fourth-order valence-electron chi connectivity index (χ4n) is 1.74. The zero-order valence-corrected chi connectivity index (χ0v) is 9.90. The number of nitrogens with zero attached hydrogens (tertiary/aromatic N) is 2. The van der Waals surface area contributed by atoms with Crippen LogP contribution in [0, 0.1) is 12.7 Å². The summed E-state index contributed by atoms with van der Waals surface area (Å²) in [6.45, 7) is 1.65. The van der Waals surface area contributed by atoms with Gasteiger partial charge in [-0.1, -0.05) is 12.1 Å². The normalized spacial score (nSPS) is 10.8. The maximum absolute atomic E-state index is 13.9. The molecule has 1 aromatic carbocycles. The lowest BCUT2D eigenvalue weighted by Gasteiger charge is -2.07. The molecule has 0 unspecified atom stereocenters. The van der Waals surface area contributed by atoms with Crippen LogP contribution >= 0.6 is 0 Å². The zero-order valence-electron chi connectivity index (χ0n) is 9.90. The molecule has 0 radical (unpaired) electrons. The first-order valence-electron chi connectivity index (χ1n) is 5.53. The number of nitrogens with one attached hydrogen (secondary N) is 2. The number of H-pyrrole nitrogens is 1. The van der Waals surface area contributed by atoms with Gasteiger partial charge in [0.15, 0.2) is 5.52 Å². The summed E-state index contributed by atoms with van der Waals surface area (Å²) >= 11 is 0. The number of aromatic nitrogens is 3. The first-order valence-corrected chi connectivity index (χ1v) is 5.53. The van der Waals surface area contributed by atoms with Crippen LogP contribution in [0.3, 0.4) is 0 Å². The summed E-state index contributed by atoms with van der Waals surface area (Å²) in [5.41, 5.74) is 1.10. The molecule has 96 valence electrons. The van der Waals surface area contributed by atoms with Gasteiger partial charge in [0.25, 0.3) is 5.56 Å². The zero-order chi connectivity index (χ0) is 13.4. The summed E-state index contributed by atoms with van der Waals surface area (Å²) in [6, 6.07) is 6.35. The number of aromatic amines is 1. The Bertz CT molecular complexity index is 809. The molecule has 0 atom stereocenters. The van der Waals surface area contributed by atoms with Gasteiger partial charge in [-0.05, 0) is 28.9 Å². The summed E-state index contributed by atoms with van der Waals surface area (Å²) in [5, 5.41) is 9.86. The molecular formula is C12H9FN4O2. The van der Waals surface area contributed by atoms with Crippen molar-refractivity contribution < 1.29 is 9.02 Å². The van der Waals surface area contributed by atoms with Crippen molar-refractivity contribution in [1.82, 2.24) is 15.3 Å². The summed E-state index contributed by atoms with van der Waals surface area (Å²) < 4.78 is 18.3. The number of benzene rings is 1. The molecule has 0 aliphatic heterocycles. The Morgan fingerprint density at radius 1 is 1.32 bits per heavy atom. The molecule has 3 rings (SSSR count). The molecule has 7 heteroatoms. The van der Waals surface area contributed by atoms with Gasteiger partial charge in [0.2, 0.25) is 5.65 Å².